The lowest BCUT2D eigenvalue weighted by Crippen LogP contribution is -2.57. The number of likely N-dealkylation sites (tertiary alicyclic amines) is 1. The quantitative estimate of drug-likeness (QED) is 0.828. The van der Waals surface area contributed by atoms with E-state index in [0.717, 1.165) is 25.7 Å². The van der Waals surface area contributed by atoms with Crippen LogP contribution in [0.3, 0.4) is 0 Å². The molecule has 1 heterocycles. The van der Waals surface area contributed by atoms with Crippen LogP contribution in [0, 0.1) is 5.92 Å². The van der Waals surface area contributed by atoms with Gasteiger partial charge in [0.2, 0.25) is 0 Å². The number of hydrogen-bond donors (Lipinski definition) is 1. The molecule has 0 saturated carbocycles. The van der Waals surface area contributed by atoms with Gasteiger partial charge in [0.05, 0.1) is 0 Å². The van der Waals surface area contributed by atoms with E-state index in [-0.39, 0.29) is 0 Å². The molecule has 0 bridgehead atoms. The molecule has 0 radical (unpaired) electrons. The molecule has 2 atom stereocenters. The van der Waals surface area contributed by atoms with Crippen molar-refractivity contribution >= 4 is 0 Å². The topological polar surface area (TPSA) is 29.3 Å². The van der Waals surface area contributed by atoms with Crippen LogP contribution in [0.1, 0.15) is 46.0 Å². The summed E-state index contributed by atoms with van der Waals surface area (Å²) in [6.07, 6.45) is 0.131. The van der Waals surface area contributed by atoms with Crippen molar-refractivity contribution in [2.24, 2.45) is 11.7 Å². The van der Waals surface area contributed by atoms with Gasteiger partial charge in [-0.2, -0.15) is 13.2 Å². The average Bonchev–Trinajstić information content (AvgIpc) is 2.30. The van der Waals surface area contributed by atoms with Gasteiger partial charge >= 0.3 is 6.18 Å². The Kier molecular flexibility index (Phi) is 5.92. The molecule has 2 unspecified atom stereocenters. The van der Waals surface area contributed by atoms with Gasteiger partial charge in [0.15, 0.2) is 0 Å². The third-order valence-corrected chi connectivity index (χ3v) is 3.95. The van der Waals surface area contributed by atoms with E-state index in [1.165, 1.54) is 0 Å². The maximum absolute atomic E-state index is 13.1. The fourth-order valence-corrected chi connectivity index (χ4v) is 2.87. The molecule has 0 aliphatic carbocycles. The summed E-state index contributed by atoms with van der Waals surface area (Å²) >= 11 is 0. The Hall–Kier alpha value is -0.290. The second-order valence-electron chi connectivity index (χ2n) is 5.33. The highest BCUT2D eigenvalue weighted by molar-refractivity contribution is 4.89. The molecule has 0 amide bonds. The van der Waals surface area contributed by atoms with E-state index in [1.807, 2.05) is 0 Å². The van der Waals surface area contributed by atoms with E-state index in [9.17, 15) is 13.2 Å². The van der Waals surface area contributed by atoms with Crippen molar-refractivity contribution in [3.63, 3.8) is 0 Å². The summed E-state index contributed by atoms with van der Waals surface area (Å²) in [5.74, 6) is 0.595. The monoisotopic (exact) mass is 266 g/mol. The lowest BCUT2D eigenvalue weighted by molar-refractivity contribution is -0.192. The first-order chi connectivity index (χ1) is 8.40. The Bertz CT molecular complexity index is 235. The molecule has 18 heavy (non-hydrogen) atoms. The van der Waals surface area contributed by atoms with Crippen molar-refractivity contribution in [2.75, 3.05) is 13.1 Å². The highest BCUT2D eigenvalue weighted by atomic mass is 19.4. The third kappa shape index (κ3) is 4.12. The van der Waals surface area contributed by atoms with Crippen molar-refractivity contribution in [2.45, 2.75) is 64.2 Å². The molecular formula is C13H25F3N2. The minimum atomic E-state index is -4.22. The fourth-order valence-electron chi connectivity index (χ4n) is 2.87. The number of alkyl halides is 3. The zero-order chi connectivity index (χ0) is 13.8. The minimum Gasteiger partial charge on any atom is -0.326 e. The van der Waals surface area contributed by atoms with Crippen molar-refractivity contribution in [3.05, 3.63) is 0 Å². The number of rotatable bonds is 5. The third-order valence-electron chi connectivity index (χ3n) is 3.95. The van der Waals surface area contributed by atoms with Crippen LogP contribution in [0.5, 0.6) is 0 Å². The van der Waals surface area contributed by atoms with E-state index >= 15 is 0 Å². The standard InChI is InChI=1S/C13H25F3N2/c1-3-5-10-6-8-18(9-7-10)12(11(17)4-2)13(14,15)16/h10-12H,3-9,17H2,1-2H3. The minimum absolute atomic E-state index is 0.360. The van der Waals surface area contributed by atoms with Crippen LogP contribution in [-0.2, 0) is 0 Å². The first kappa shape index (κ1) is 15.8. The van der Waals surface area contributed by atoms with E-state index < -0.39 is 18.3 Å². The fraction of sp³-hybridized carbons (Fsp3) is 1.00. The maximum atomic E-state index is 13.1. The largest absolute Gasteiger partial charge is 0.405 e. The number of piperidine rings is 1. The van der Waals surface area contributed by atoms with E-state index in [2.05, 4.69) is 6.92 Å². The number of nitrogens with two attached hydrogens (primary N) is 1. The summed E-state index contributed by atoms with van der Waals surface area (Å²) in [5, 5.41) is 0. The van der Waals surface area contributed by atoms with Crippen LogP contribution in [0.4, 0.5) is 13.2 Å². The van der Waals surface area contributed by atoms with Gasteiger partial charge in [0, 0.05) is 6.04 Å². The molecule has 2 N–H and O–H groups in total. The smallest absolute Gasteiger partial charge is 0.326 e. The molecule has 0 aromatic carbocycles. The van der Waals surface area contributed by atoms with Crippen LogP contribution < -0.4 is 5.73 Å². The molecule has 1 saturated heterocycles. The lowest BCUT2D eigenvalue weighted by atomic mass is 9.90. The van der Waals surface area contributed by atoms with Crippen LogP contribution in [0.25, 0.3) is 0 Å². The first-order valence-electron chi connectivity index (χ1n) is 6.96. The zero-order valence-corrected chi connectivity index (χ0v) is 11.3. The van der Waals surface area contributed by atoms with Crippen LogP contribution in [0.2, 0.25) is 0 Å². The predicted octanol–water partition coefficient (Wildman–Crippen LogP) is 3.17. The molecule has 2 nitrogen and oxygen atoms in total. The van der Waals surface area contributed by atoms with Crippen molar-refractivity contribution < 1.29 is 13.2 Å². The van der Waals surface area contributed by atoms with Gasteiger partial charge in [0.1, 0.15) is 6.04 Å². The molecule has 0 aromatic rings. The average molecular weight is 266 g/mol. The Morgan fingerprint density at radius 1 is 1.22 bits per heavy atom. The number of nitrogens with zero attached hydrogens (tertiary/aromatic N) is 1. The molecular weight excluding hydrogens is 241 g/mol. The van der Waals surface area contributed by atoms with Gasteiger partial charge in [0.25, 0.3) is 0 Å². The number of hydrogen-bond acceptors (Lipinski definition) is 2. The molecule has 0 spiro atoms. The zero-order valence-electron chi connectivity index (χ0n) is 11.3. The molecule has 0 aromatic heterocycles. The highest BCUT2D eigenvalue weighted by Gasteiger charge is 2.47. The van der Waals surface area contributed by atoms with Gasteiger partial charge in [-0.15, -0.1) is 0 Å². The van der Waals surface area contributed by atoms with Gasteiger partial charge in [-0.1, -0.05) is 26.7 Å². The summed E-state index contributed by atoms with van der Waals surface area (Å²) in [6.45, 7) is 4.90. The molecule has 1 rings (SSSR count). The summed E-state index contributed by atoms with van der Waals surface area (Å²) in [7, 11) is 0. The molecule has 1 aliphatic heterocycles. The first-order valence-corrected chi connectivity index (χ1v) is 6.96. The Labute approximate surface area is 108 Å². The van der Waals surface area contributed by atoms with E-state index in [4.69, 9.17) is 5.73 Å². The highest BCUT2D eigenvalue weighted by Crippen LogP contribution is 2.31. The Morgan fingerprint density at radius 3 is 2.17 bits per heavy atom. The second kappa shape index (κ2) is 6.75. The second-order valence-corrected chi connectivity index (χ2v) is 5.33. The summed E-state index contributed by atoms with van der Waals surface area (Å²) < 4.78 is 39.2. The van der Waals surface area contributed by atoms with Crippen LogP contribution in [0.15, 0.2) is 0 Å². The van der Waals surface area contributed by atoms with Gasteiger partial charge in [-0.05, 0) is 38.3 Å². The summed E-state index contributed by atoms with van der Waals surface area (Å²) in [6, 6.07) is -2.28. The SMILES string of the molecule is CCCC1CCN(C(C(N)CC)C(F)(F)F)CC1. The summed E-state index contributed by atoms with van der Waals surface area (Å²) in [5.41, 5.74) is 5.67. The van der Waals surface area contributed by atoms with Crippen LogP contribution in [-0.4, -0.2) is 36.2 Å². The van der Waals surface area contributed by atoms with Gasteiger partial charge in [-0.3, -0.25) is 4.90 Å². The van der Waals surface area contributed by atoms with E-state index in [1.54, 1.807) is 11.8 Å². The summed E-state index contributed by atoms with van der Waals surface area (Å²) in [4.78, 5) is 1.54. The van der Waals surface area contributed by atoms with E-state index in [0.29, 0.717) is 25.4 Å². The Balaban J connectivity index is 2.61. The molecule has 108 valence electrons. The van der Waals surface area contributed by atoms with Gasteiger partial charge < -0.3 is 5.73 Å². The van der Waals surface area contributed by atoms with Crippen molar-refractivity contribution in [1.82, 2.24) is 4.90 Å². The normalized spacial score (nSPS) is 23.0. The van der Waals surface area contributed by atoms with Crippen molar-refractivity contribution in [3.8, 4) is 0 Å². The predicted molar refractivity (Wildman–Crippen MR) is 67.3 cm³/mol. The molecule has 1 aliphatic rings. The molecule has 1 fully saturated rings. The van der Waals surface area contributed by atoms with Crippen molar-refractivity contribution in [1.29, 1.82) is 0 Å². The Morgan fingerprint density at radius 2 is 1.78 bits per heavy atom. The maximum Gasteiger partial charge on any atom is 0.405 e. The number of halogens is 3. The lowest BCUT2D eigenvalue weighted by Gasteiger charge is -2.40. The molecule has 5 heteroatoms. The van der Waals surface area contributed by atoms with Gasteiger partial charge in [-0.25, -0.2) is 0 Å². The van der Waals surface area contributed by atoms with Crippen LogP contribution >= 0.6 is 0 Å².